The van der Waals surface area contributed by atoms with E-state index in [0.29, 0.717) is 16.1 Å². The molecule has 0 aliphatic carbocycles. The highest BCUT2D eigenvalue weighted by Gasteiger charge is 2.34. The Kier molecular flexibility index (Phi) is 4.89. The number of anilines is 1. The number of hydrogen-bond acceptors (Lipinski definition) is 3. The van der Waals surface area contributed by atoms with Crippen molar-refractivity contribution in [3.05, 3.63) is 71.8 Å². The van der Waals surface area contributed by atoms with Crippen LogP contribution in [0.1, 0.15) is 6.92 Å². The van der Waals surface area contributed by atoms with Crippen LogP contribution in [-0.2, 0) is 14.8 Å². The lowest BCUT2D eigenvalue weighted by molar-refractivity contribution is -0.137. The first-order valence-corrected chi connectivity index (χ1v) is 9.65. The molecule has 0 aliphatic heterocycles. The predicted octanol–water partition coefficient (Wildman–Crippen LogP) is 4.16. The fourth-order valence-corrected chi connectivity index (χ4v) is 4.52. The Hall–Kier alpha value is -2.57. The first-order chi connectivity index (χ1) is 12.3. The van der Waals surface area contributed by atoms with Gasteiger partial charge in [-0.15, -0.1) is 0 Å². The number of fused-ring (bicyclic) bond motifs is 1. The van der Waals surface area contributed by atoms with Crippen LogP contribution < -0.4 is 4.31 Å². The first-order valence-electron chi connectivity index (χ1n) is 7.83. The molecule has 5 nitrogen and oxygen atoms in total. The Morgan fingerprint density at radius 2 is 1.62 bits per heavy atom. The lowest BCUT2D eigenvalue weighted by Crippen LogP contribution is -2.43. The maximum atomic E-state index is 13.3. The highest BCUT2D eigenvalue weighted by atomic mass is 35.5. The van der Waals surface area contributed by atoms with Crippen LogP contribution in [0, 0.1) is 0 Å². The second kappa shape index (κ2) is 6.97. The number of carbonyl (C=O) groups is 1. The number of halogens is 1. The van der Waals surface area contributed by atoms with Gasteiger partial charge in [-0.1, -0.05) is 48.0 Å². The van der Waals surface area contributed by atoms with E-state index in [-0.39, 0.29) is 4.90 Å². The Labute approximate surface area is 156 Å². The standard InChI is InChI=1S/C19H16ClNO4S/c1-13(19(22)23)21(26(24,25)16-11-9-15(20)10-12-16)18-8-4-6-14-5-2-3-7-17(14)18/h2-13H,1H3,(H,22,23). The van der Waals surface area contributed by atoms with Crippen LogP contribution in [0.25, 0.3) is 10.8 Å². The first kappa shape index (κ1) is 18.2. The van der Waals surface area contributed by atoms with Crippen molar-refractivity contribution >= 4 is 44.1 Å². The zero-order valence-corrected chi connectivity index (χ0v) is 15.4. The summed E-state index contributed by atoms with van der Waals surface area (Å²) in [6.45, 7) is 1.34. The molecule has 134 valence electrons. The summed E-state index contributed by atoms with van der Waals surface area (Å²) in [4.78, 5) is 11.6. The van der Waals surface area contributed by atoms with E-state index in [1.54, 1.807) is 24.3 Å². The third kappa shape index (κ3) is 3.25. The zero-order valence-electron chi connectivity index (χ0n) is 13.8. The Morgan fingerprint density at radius 1 is 1.00 bits per heavy atom. The zero-order chi connectivity index (χ0) is 18.9. The van der Waals surface area contributed by atoms with Gasteiger partial charge in [0.1, 0.15) is 6.04 Å². The molecule has 1 atom stereocenters. The highest BCUT2D eigenvalue weighted by Crippen LogP contribution is 2.33. The van der Waals surface area contributed by atoms with Crippen molar-refractivity contribution < 1.29 is 18.3 Å². The molecule has 0 radical (unpaired) electrons. The Bertz CT molecular complexity index is 1060. The van der Waals surface area contributed by atoms with Crippen molar-refractivity contribution in [2.75, 3.05) is 4.31 Å². The third-order valence-electron chi connectivity index (χ3n) is 4.08. The molecule has 1 N–H and O–H groups in total. The van der Waals surface area contributed by atoms with Crippen LogP contribution in [0.5, 0.6) is 0 Å². The topological polar surface area (TPSA) is 74.7 Å². The number of nitrogens with zero attached hydrogens (tertiary/aromatic N) is 1. The second-order valence-corrected chi connectivity index (χ2v) is 8.02. The number of carboxylic acids is 1. The summed E-state index contributed by atoms with van der Waals surface area (Å²) in [6, 6.07) is 16.7. The molecule has 26 heavy (non-hydrogen) atoms. The molecule has 3 aromatic rings. The highest BCUT2D eigenvalue weighted by molar-refractivity contribution is 7.93. The summed E-state index contributed by atoms with van der Waals surface area (Å²) < 4.78 is 27.5. The maximum Gasteiger partial charge on any atom is 0.327 e. The summed E-state index contributed by atoms with van der Waals surface area (Å²) >= 11 is 5.85. The van der Waals surface area contributed by atoms with Gasteiger partial charge in [0.05, 0.1) is 10.6 Å². The smallest absolute Gasteiger partial charge is 0.327 e. The predicted molar refractivity (Wildman–Crippen MR) is 102 cm³/mol. The molecular formula is C19H16ClNO4S. The van der Waals surface area contributed by atoms with Crippen molar-refractivity contribution in [1.29, 1.82) is 0 Å². The summed E-state index contributed by atoms with van der Waals surface area (Å²) in [6.07, 6.45) is 0. The molecule has 0 heterocycles. The minimum absolute atomic E-state index is 0.0251. The summed E-state index contributed by atoms with van der Waals surface area (Å²) in [5.41, 5.74) is 0.313. The summed E-state index contributed by atoms with van der Waals surface area (Å²) in [5, 5.41) is 11.4. The molecule has 0 saturated carbocycles. The minimum Gasteiger partial charge on any atom is -0.480 e. The van der Waals surface area contributed by atoms with E-state index in [0.717, 1.165) is 9.69 Å². The maximum absolute atomic E-state index is 13.3. The molecule has 1 unspecified atom stereocenters. The number of benzene rings is 3. The van der Waals surface area contributed by atoms with Crippen molar-refractivity contribution in [2.45, 2.75) is 17.9 Å². The van der Waals surface area contributed by atoms with Crippen LogP contribution in [0.2, 0.25) is 5.02 Å². The van der Waals surface area contributed by atoms with Crippen LogP contribution in [-0.4, -0.2) is 25.5 Å². The van der Waals surface area contributed by atoms with E-state index in [9.17, 15) is 18.3 Å². The lowest BCUT2D eigenvalue weighted by Gasteiger charge is -2.29. The Balaban J connectivity index is 2.26. The molecule has 3 rings (SSSR count). The van der Waals surface area contributed by atoms with Crippen molar-refractivity contribution in [3.63, 3.8) is 0 Å². The number of rotatable bonds is 5. The number of hydrogen-bond donors (Lipinski definition) is 1. The van der Waals surface area contributed by atoms with Gasteiger partial charge in [0.2, 0.25) is 0 Å². The van der Waals surface area contributed by atoms with Crippen LogP contribution in [0.3, 0.4) is 0 Å². The molecule has 0 amide bonds. The van der Waals surface area contributed by atoms with Crippen LogP contribution in [0.15, 0.2) is 71.6 Å². The molecule has 0 fully saturated rings. The van der Waals surface area contributed by atoms with Gasteiger partial charge in [0, 0.05) is 10.4 Å². The van der Waals surface area contributed by atoms with E-state index in [1.807, 2.05) is 18.2 Å². The summed E-state index contributed by atoms with van der Waals surface area (Å²) in [5.74, 6) is -1.24. The normalized spacial score (nSPS) is 12.7. The van der Waals surface area contributed by atoms with E-state index < -0.39 is 22.0 Å². The fraction of sp³-hybridized carbons (Fsp3) is 0.105. The number of sulfonamides is 1. The van der Waals surface area contributed by atoms with Gasteiger partial charge in [-0.3, -0.25) is 4.31 Å². The van der Waals surface area contributed by atoms with E-state index in [4.69, 9.17) is 11.6 Å². The van der Waals surface area contributed by atoms with E-state index in [2.05, 4.69) is 0 Å². The SMILES string of the molecule is CC(C(=O)O)N(c1cccc2ccccc12)S(=O)(=O)c1ccc(Cl)cc1. The molecule has 0 saturated heterocycles. The van der Waals surface area contributed by atoms with Gasteiger partial charge in [-0.2, -0.15) is 0 Å². The number of carboxylic acid groups (broad SMARTS) is 1. The van der Waals surface area contributed by atoms with Gasteiger partial charge in [-0.25, -0.2) is 13.2 Å². The van der Waals surface area contributed by atoms with E-state index in [1.165, 1.54) is 31.2 Å². The van der Waals surface area contributed by atoms with Crippen molar-refractivity contribution in [3.8, 4) is 0 Å². The van der Waals surface area contributed by atoms with E-state index >= 15 is 0 Å². The average Bonchev–Trinajstić information content (AvgIpc) is 2.62. The van der Waals surface area contributed by atoms with Gasteiger partial charge >= 0.3 is 5.97 Å². The molecule has 0 aromatic heterocycles. The van der Waals surface area contributed by atoms with Gasteiger partial charge < -0.3 is 5.11 Å². The third-order valence-corrected chi connectivity index (χ3v) is 6.23. The fourth-order valence-electron chi connectivity index (χ4n) is 2.77. The number of aliphatic carboxylic acids is 1. The van der Waals surface area contributed by atoms with Crippen LogP contribution in [0.4, 0.5) is 5.69 Å². The van der Waals surface area contributed by atoms with Gasteiger partial charge in [-0.05, 0) is 42.6 Å². The van der Waals surface area contributed by atoms with Crippen LogP contribution >= 0.6 is 11.6 Å². The Morgan fingerprint density at radius 3 is 2.27 bits per heavy atom. The molecule has 0 aliphatic rings. The van der Waals surface area contributed by atoms with Crippen molar-refractivity contribution in [1.82, 2.24) is 0 Å². The largest absolute Gasteiger partial charge is 0.480 e. The molecular weight excluding hydrogens is 374 g/mol. The second-order valence-electron chi connectivity index (χ2n) is 5.77. The summed E-state index contributed by atoms with van der Waals surface area (Å²) in [7, 11) is -4.11. The minimum atomic E-state index is -4.11. The van der Waals surface area contributed by atoms with Gasteiger partial charge in [0.15, 0.2) is 0 Å². The molecule has 0 bridgehead atoms. The quantitative estimate of drug-likeness (QED) is 0.710. The average molecular weight is 390 g/mol. The molecule has 0 spiro atoms. The monoisotopic (exact) mass is 389 g/mol. The van der Waals surface area contributed by atoms with Crippen molar-refractivity contribution in [2.24, 2.45) is 0 Å². The lowest BCUT2D eigenvalue weighted by atomic mass is 10.1. The molecule has 7 heteroatoms. The molecule has 3 aromatic carbocycles. The van der Waals surface area contributed by atoms with Gasteiger partial charge in [0.25, 0.3) is 10.0 Å².